The first-order chi connectivity index (χ1) is 10.8. The number of rotatable bonds is 5. The SMILES string of the molecule is CC1C(C(=O)O)=CC=CC1(Cc1ccc(S(C)=O)cc1)C(=O)O. The molecule has 0 aromatic heterocycles. The summed E-state index contributed by atoms with van der Waals surface area (Å²) in [6.07, 6.45) is 6.23. The van der Waals surface area contributed by atoms with Crippen molar-refractivity contribution in [2.24, 2.45) is 11.3 Å². The second-order valence-electron chi connectivity index (χ2n) is 5.63. The van der Waals surface area contributed by atoms with E-state index in [1.54, 1.807) is 43.5 Å². The zero-order valence-corrected chi connectivity index (χ0v) is 13.7. The first-order valence-electron chi connectivity index (χ1n) is 7.06. The van der Waals surface area contributed by atoms with Crippen molar-refractivity contribution in [1.82, 2.24) is 0 Å². The quantitative estimate of drug-likeness (QED) is 0.862. The van der Waals surface area contributed by atoms with Gasteiger partial charge < -0.3 is 10.2 Å². The van der Waals surface area contributed by atoms with Gasteiger partial charge in [0.2, 0.25) is 0 Å². The zero-order chi connectivity index (χ0) is 17.2. The molecular formula is C17H18O5S. The summed E-state index contributed by atoms with van der Waals surface area (Å²) >= 11 is 0. The van der Waals surface area contributed by atoms with E-state index in [2.05, 4.69) is 0 Å². The molecule has 0 saturated carbocycles. The van der Waals surface area contributed by atoms with E-state index < -0.39 is 34.1 Å². The van der Waals surface area contributed by atoms with Gasteiger partial charge in [0, 0.05) is 33.4 Å². The van der Waals surface area contributed by atoms with Crippen molar-refractivity contribution in [3.05, 3.63) is 53.6 Å². The highest BCUT2D eigenvalue weighted by molar-refractivity contribution is 7.84. The number of hydrogen-bond donors (Lipinski definition) is 2. The molecule has 23 heavy (non-hydrogen) atoms. The third-order valence-electron chi connectivity index (χ3n) is 4.31. The summed E-state index contributed by atoms with van der Waals surface area (Å²) in [4.78, 5) is 23.9. The number of aliphatic carboxylic acids is 2. The molecule has 5 nitrogen and oxygen atoms in total. The molecule has 6 heteroatoms. The fraction of sp³-hybridized carbons (Fsp3) is 0.294. The lowest BCUT2D eigenvalue weighted by Gasteiger charge is -2.35. The van der Waals surface area contributed by atoms with E-state index in [0.717, 1.165) is 5.56 Å². The van der Waals surface area contributed by atoms with Crippen LogP contribution in [0.2, 0.25) is 0 Å². The van der Waals surface area contributed by atoms with E-state index in [1.807, 2.05) is 0 Å². The molecule has 1 aromatic rings. The average Bonchev–Trinajstić information content (AvgIpc) is 2.49. The maximum atomic E-state index is 11.9. The third kappa shape index (κ3) is 3.27. The molecule has 3 unspecified atom stereocenters. The Kier molecular flexibility index (Phi) is 4.85. The molecule has 0 amide bonds. The molecule has 0 bridgehead atoms. The van der Waals surface area contributed by atoms with Gasteiger partial charge in [-0.3, -0.25) is 9.00 Å². The standard InChI is InChI=1S/C17H18O5S/c1-11-14(15(18)19)4-3-9-17(11,16(20)21)10-12-5-7-13(8-6-12)23(2)22/h3-9,11H,10H2,1-2H3,(H,18,19)(H,20,21). The smallest absolute Gasteiger partial charge is 0.331 e. The van der Waals surface area contributed by atoms with Gasteiger partial charge in [-0.2, -0.15) is 0 Å². The minimum Gasteiger partial charge on any atom is -0.481 e. The van der Waals surface area contributed by atoms with E-state index in [1.165, 1.54) is 12.2 Å². The molecule has 0 aliphatic heterocycles. The molecule has 0 heterocycles. The van der Waals surface area contributed by atoms with Crippen molar-refractivity contribution < 1.29 is 24.0 Å². The number of benzene rings is 1. The van der Waals surface area contributed by atoms with Crippen LogP contribution in [0.1, 0.15) is 12.5 Å². The van der Waals surface area contributed by atoms with Crippen molar-refractivity contribution in [3.8, 4) is 0 Å². The van der Waals surface area contributed by atoms with Crippen molar-refractivity contribution in [2.45, 2.75) is 18.2 Å². The van der Waals surface area contributed by atoms with Gasteiger partial charge in [0.1, 0.15) is 0 Å². The van der Waals surface area contributed by atoms with Crippen LogP contribution in [-0.2, 0) is 26.8 Å². The van der Waals surface area contributed by atoms with Gasteiger partial charge in [0.25, 0.3) is 0 Å². The molecule has 122 valence electrons. The fourth-order valence-electron chi connectivity index (χ4n) is 2.83. The number of allylic oxidation sites excluding steroid dienone is 2. The highest BCUT2D eigenvalue weighted by Gasteiger charge is 2.45. The second kappa shape index (κ2) is 6.50. The minimum absolute atomic E-state index is 0.0844. The lowest BCUT2D eigenvalue weighted by molar-refractivity contribution is -0.148. The van der Waals surface area contributed by atoms with E-state index >= 15 is 0 Å². The van der Waals surface area contributed by atoms with E-state index in [-0.39, 0.29) is 12.0 Å². The lowest BCUT2D eigenvalue weighted by atomic mass is 9.66. The Balaban J connectivity index is 2.38. The molecule has 1 aromatic carbocycles. The number of carboxylic acids is 2. The van der Waals surface area contributed by atoms with Crippen LogP contribution in [0, 0.1) is 11.3 Å². The second-order valence-corrected chi connectivity index (χ2v) is 7.01. The Morgan fingerprint density at radius 2 is 1.83 bits per heavy atom. The normalized spacial score (nSPS) is 24.8. The van der Waals surface area contributed by atoms with Crippen molar-refractivity contribution in [2.75, 3.05) is 6.26 Å². The zero-order valence-electron chi connectivity index (χ0n) is 12.9. The third-order valence-corrected chi connectivity index (χ3v) is 5.24. The molecule has 0 radical (unpaired) electrons. The lowest BCUT2D eigenvalue weighted by Crippen LogP contribution is -2.41. The van der Waals surface area contributed by atoms with Crippen molar-refractivity contribution in [1.29, 1.82) is 0 Å². The fourth-order valence-corrected chi connectivity index (χ4v) is 3.35. The summed E-state index contributed by atoms with van der Waals surface area (Å²) in [5, 5.41) is 19.0. The Labute approximate surface area is 136 Å². The highest BCUT2D eigenvalue weighted by Crippen LogP contribution is 2.41. The van der Waals surface area contributed by atoms with Gasteiger partial charge in [-0.05, 0) is 24.1 Å². The summed E-state index contributed by atoms with van der Waals surface area (Å²) in [6, 6.07) is 6.87. The number of hydrogen-bond acceptors (Lipinski definition) is 3. The van der Waals surface area contributed by atoms with Crippen LogP contribution in [-0.4, -0.2) is 32.6 Å². The van der Waals surface area contributed by atoms with E-state index in [0.29, 0.717) is 4.90 Å². The van der Waals surface area contributed by atoms with Gasteiger partial charge in [-0.15, -0.1) is 0 Å². The van der Waals surface area contributed by atoms with Crippen LogP contribution in [0.5, 0.6) is 0 Å². The van der Waals surface area contributed by atoms with Crippen molar-refractivity contribution >= 4 is 22.7 Å². The predicted molar refractivity (Wildman–Crippen MR) is 86.6 cm³/mol. The molecule has 3 atom stereocenters. The Morgan fingerprint density at radius 1 is 1.22 bits per heavy atom. The summed E-state index contributed by atoms with van der Waals surface area (Å²) in [5.74, 6) is -2.83. The highest BCUT2D eigenvalue weighted by atomic mass is 32.2. The first-order valence-corrected chi connectivity index (χ1v) is 8.62. The Hall–Kier alpha value is -2.21. The molecule has 0 spiro atoms. The molecule has 0 saturated heterocycles. The van der Waals surface area contributed by atoms with Crippen LogP contribution < -0.4 is 0 Å². The van der Waals surface area contributed by atoms with Gasteiger partial charge in [-0.25, -0.2) is 4.79 Å². The molecular weight excluding hydrogens is 316 g/mol. The summed E-state index contributed by atoms with van der Waals surface area (Å²) in [6.45, 7) is 1.62. The molecule has 1 aliphatic carbocycles. The van der Waals surface area contributed by atoms with Crippen LogP contribution in [0.15, 0.2) is 53.0 Å². The maximum Gasteiger partial charge on any atom is 0.331 e. The largest absolute Gasteiger partial charge is 0.481 e. The summed E-state index contributed by atoms with van der Waals surface area (Å²) < 4.78 is 11.4. The van der Waals surface area contributed by atoms with Crippen LogP contribution in [0.3, 0.4) is 0 Å². The number of carbonyl (C=O) groups is 2. The van der Waals surface area contributed by atoms with Crippen LogP contribution in [0.4, 0.5) is 0 Å². The maximum absolute atomic E-state index is 11.9. The summed E-state index contributed by atoms with van der Waals surface area (Å²) in [5.41, 5.74) is -0.471. The topological polar surface area (TPSA) is 91.7 Å². The van der Waals surface area contributed by atoms with Crippen LogP contribution in [0.25, 0.3) is 0 Å². The average molecular weight is 334 g/mol. The predicted octanol–water partition coefficient (Wildman–Crippen LogP) is 2.25. The van der Waals surface area contributed by atoms with Gasteiger partial charge in [-0.1, -0.05) is 37.3 Å². The molecule has 1 aliphatic rings. The summed E-state index contributed by atoms with van der Waals surface area (Å²) in [7, 11) is -1.10. The number of carboxylic acid groups (broad SMARTS) is 2. The van der Waals surface area contributed by atoms with E-state index in [9.17, 15) is 24.0 Å². The Bertz CT molecular complexity index is 717. The Morgan fingerprint density at radius 3 is 2.30 bits per heavy atom. The molecule has 2 N–H and O–H groups in total. The molecule has 2 rings (SSSR count). The van der Waals surface area contributed by atoms with E-state index in [4.69, 9.17) is 0 Å². The monoisotopic (exact) mass is 334 g/mol. The first kappa shape index (κ1) is 17.1. The van der Waals surface area contributed by atoms with Gasteiger partial charge >= 0.3 is 11.9 Å². The van der Waals surface area contributed by atoms with Gasteiger partial charge in [0.15, 0.2) is 0 Å². The molecule has 0 fully saturated rings. The van der Waals surface area contributed by atoms with Crippen LogP contribution >= 0.6 is 0 Å². The minimum atomic E-state index is -1.31. The van der Waals surface area contributed by atoms with Gasteiger partial charge in [0.05, 0.1) is 5.41 Å². The van der Waals surface area contributed by atoms with Crippen molar-refractivity contribution in [3.63, 3.8) is 0 Å².